The molecule has 4 nitrogen and oxygen atoms in total. The Bertz CT molecular complexity index is 952. The lowest BCUT2D eigenvalue weighted by Gasteiger charge is -2.06. The van der Waals surface area contributed by atoms with E-state index in [1.807, 2.05) is 0 Å². The molecule has 3 rings (SSSR count). The molecule has 0 aliphatic rings. The molecule has 1 heterocycles. The molecule has 0 saturated carbocycles. The van der Waals surface area contributed by atoms with Gasteiger partial charge in [-0.05, 0) is 30.3 Å². The maximum Gasteiger partial charge on any atom is 0.349 e. The number of carbonyl (C=O) groups is 2. The zero-order valence-corrected chi connectivity index (χ0v) is 14.8. The molecular weight excluding hydrogens is 369 g/mol. The fourth-order valence-corrected chi connectivity index (χ4v) is 3.90. The summed E-state index contributed by atoms with van der Waals surface area (Å²) < 4.78 is 5.49. The summed E-state index contributed by atoms with van der Waals surface area (Å²) in [6.07, 6.45) is 0. The van der Waals surface area contributed by atoms with Crippen LogP contribution in [0.1, 0.15) is 20.0 Å². The highest BCUT2D eigenvalue weighted by molar-refractivity contribution is 7.21. The van der Waals surface area contributed by atoms with Gasteiger partial charge in [0.15, 0.2) is 0 Å². The summed E-state index contributed by atoms with van der Waals surface area (Å²) in [7, 11) is 1.30. The van der Waals surface area contributed by atoms with Crippen LogP contribution >= 0.6 is 34.5 Å². The lowest BCUT2D eigenvalue weighted by atomic mass is 10.2. The number of anilines is 1. The summed E-state index contributed by atoms with van der Waals surface area (Å²) in [5.74, 6) is -0.793. The fraction of sp³-hybridized carbons (Fsp3) is 0.0588. The average molecular weight is 380 g/mol. The molecule has 0 aliphatic carbocycles. The second-order valence-electron chi connectivity index (χ2n) is 4.88. The Morgan fingerprint density at radius 1 is 1.12 bits per heavy atom. The number of hydrogen-bond donors (Lipinski definition) is 1. The minimum Gasteiger partial charge on any atom is -0.465 e. The molecule has 0 saturated heterocycles. The van der Waals surface area contributed by atoms with Gasteiger partial charge < -0.3 is 10.1 Å². The third-order valence-corrected chi connectivity index (χ3v) is 5.34. The van der Waals surface area contributed by atoms with E-state index < -0.39 is 5.97 Å². The number of fused-ring (bicyclic) bond motifs is 1. The van der Waals surface area contributed by atoms with Crippen molar-refractivity contribution in [3.63, 3.8) is 0 Å². The Morgan fingerprint density at radius 2 is 1.88 bits per heavy atom. The van der Waals surface area contributed by atoms with Gasteiger partial charge >= 0.3 is 5.97 Å². The molecule has 0 spiro atoms. The third-order valence-electron chi connectivity index (χ3n) is 3.38. The second-order valence-corrected chi connectivity index (χ2v) is 6.72. The first kappa shape index (κ1) is 16.8. The van der Waals surface area contributed by atoms with Crippen molar-refractivity contribution in [2.45, 2.75) is 0 Å². The molecule has 7 heteroatoms. The van der Waals surface area contributed by atoms with Crippen LogP contribution in [0.15, 0.2) is 42.5 Å². The highest BCUT2D eigenvalue weighted by Crippen LogP contribution is 2.37. The van der Waals surface area contributed by atoms with Crippen LogP contribution in [0.25, 0.3) is 10.1 Å². The number of ether oxygens (including phenoxy) is 1. The van der Waals surface area contributed by atoms with E-state index in [1.54, 1.807) is 42.5 Å². The van der Waals surface area contributed by atoms with Crippen molar-refractivity contribution in [3.8, 4) is 0 Å². The number of methoxy groups -OCH3 is 1. The predicted molar refractivity (Wildman–Crippen MR) is 97.6 cm³/mol. The van der Waals surface area contributed by atoms with Gasteiger partial charge in [-0.25, -0.2) is 4.79 Å². The minimum atomic E-state index is -0.483. The number of nitrogens with one attached hydrogen (secondary N) is 1. The quantitative estimate of drug-likeness (QED) is 0.632. The van der Waals surface area contributed by atoms with E-state index in [2.05, 4.69) is 5.32 Å². The summed E-state index contributed by atoms with van der Waals surface area (Å²) in [6, 6.07) is 12.0. The summed E-state index contributed by atoms with van der Waals surface area (Å²) in [6.45, 7) is 0. The van der Waals surface area contributed by atoms with Gasteiger partial charge in [-0.1, -0.05) is 35.3 Å². The molecule has 0 aliphatic heterocycles. The average Bonchev–Trinajstić information content (AvgIpc) is 2.91. The van der Waals surface area contributed by atoms with E-state index in [0.29, 0.717) is 26.2 Å². The molecule has 0 radical (unpaired) electrons. The maximum absolute atomic E-state index is 12.3. The molecule has 0 bridgehead atoms. The first-order valence-electron chi connectivity index (χ1n) is 6.87. The van der Waals surface area contributed by atoms with Crippen molar-refractivity contribution in [1.82, 2.24) is 0 Å². The SMILES string of the molecule is COC(=O)c1sc2cc(NC(=O)c3ccccc3Cl)ccc2c1Cl. The summed E-state index contributed by atoms with van der Waals surface area (Å²) in [4.78, 5) is 24.4. The molecule has 1 N–H and O–H groups in total. The normalized spacial score (nSPS) is 10.6. The van der Waals surface area contributed by atoms with Crippen molar-refractivity contribution in [2.24, 2.45) is 0 Å². The summed E-state index contributed by atoms with van der Waals surface area (Å²) in [5, 5.41) is 4.25. The van der Waals surface area contributed by atoms with Crippen LogP contribution in [0, 0.1) is 0 Å². The Kier molecular flexibility index (Phi) is 4.76. The van der Waals surface area contributed by atoms with E-state index >= 15 is 0 Å². The Hall–Kier alpha value is -2.08. The van der Waals surface area contributed by atoms with Crippen LogP contribution in [0.3, 0.4) is 0 Å². The molecule has 0 atom stereocenters. The molecule has 0 unspecified atom stereocenters. The Morgan fingerprint density at radius 3 is 2.58 bits per heavy atom. The zero-order chi connectivity index (χ0) is 17.3. The van der Waals surface area contributed by atoms with Crippen LogP contribution in [-0.2, 0) is 4.74 Å². The van der Waals surface area contributed by atoms with Crippen LogP contribution in [0.5, 0.6) is 0 Å². The topological polar surface area (TPSA) is 55.4 Å². The largest absolute Gasteiger partial charge is 0.465 e. The van der Waals surface area contributed by atoms with Crippen LogP contribution in [0.4, 0.5) is 5.69 Å². The van der Waals surface area contributed by atoms with E-state index in [-0.39, 0.29) is 5.91 Å². The molecule has 122 valence electrons. The number of benzene rings is 2. The number of amides is 1. The minimum absolute atomic E-state index is 0.309. The number of thiophene rings is 1. The van der Waals surface area contributed by atoms with Gasteiger partial charge in [0, 0.05) is 15.8 Å². The Labute approximate surface area is 151 Å². The van der Waals surface area contributed by atoms with Crippen LogP contribution in [0.2, 0.25) is 10.0 Å². The smallest absolute Gasteiger partial charge is 0.349 e. The monoisotopic (exact) mass is 379 g/mol. The van der Waals surface area contributed by atoms with Crippen molar-refractivity contribution >= 4 is 62.2 Å². The molecule has 0 fully saturated rings. The molecule has 1 aromatic heterocycles. The van der Waals surface area contributed by atoms with Gasteiger partial charge in [0.2, 0.25) is 0 Å². The van der Waals surface area contributed by atoms with Gasteiger partial charge in [0.05, 0.1) is 22.7 Å². The summed E-state index contributed by atoms with van der Waals surface area (Å²) >= 11 is 13.5. The molecule has 24 heavy (non-hydrogen) atoms. The zero-order valence-electron chi connectivity index (χ0n) is 12.4. The Balaban J connectivity index is 1.93. The van der Waals surface area contributed by atoms with E-state index in [0.717, 1.165) is 10.1 Å². The molecule has 2 aromatic carbocycles. The van der Waals surface area contributed by atoms with Crippen molar-refractivity contribution in [1.29, 1.82) is 0 Å². The van der Waals surface area contributed by atoms with Crippen molar-refractivity contribution < 1.29 is 14.3 Å². The maximum atomic E-state index is 12.3. The van der Waals surface area contributed by atoms with E-state index in [1.165, 1.54) is 18.4 Å². The highest BCUT2D eigenvalue weighted by Gasteiger charge is 2.18. The summed E-state index contributed by atoms with van der Waals surface area (Å²) in [5.41, 5.74) is 0.973. The van der Waals surface area contributed by atoms with Gasteiger partial charge in [0.1, 0.15) is 4.88 Å². The standard InChI is InChI=1S/C17H11Cl2NO3S/c1-23-17(22)15-14(19)11-7-6-9(8-13(11)24-15)20-16(21)10-4-2-3-5-12(10)18/h2-8H,1H3,(H,20,21). The molecule has 3 aromatic rings. The lowest BCUT2D eigenvalue weighted by Crippen LogP contribution is -2.12. The lowest BCUT2D eigenvalue weighted by molar-refractivity contribution is 0.0606. The molecule has 1 amide bonds. The number of hydrogen-bond acceptors (Lipinski definition) is 4. The number of rotatable bonds is 3. The second kappa shape index (κ2) is 6.81. The van der Waals surface area contributed by atoms with Crippen molar-refractivity contribution in [2.75, 3.05) is 12.4 Å². The van der Waals surface area contributed by atoms with Crippen LogP contribution in [-0.4, -0.2) is 19.0 Å². The first-order valence-corrected chi connectivity index (χ1v) is 8.44. The fourth-order valence-electron chi connectivity index (χ4n) is 2.21. The first-order chi connectivity index (χ1) is 11.5. The van der Waals surface area contributed by atoms with Gasteiger partial charge in [0.25, 0.3) is 5.91 Å². The van der Waals surface area contributed by atoms with Gasteiger partial charge in [-0.2, -0.15) is 0 Å². The van der Waals surface area contributed by atoms with Crippen LogP contribution < -0.4 is 5.32 Å². The number of halogens is 2. The third kappa shape index (κ3) is 3.11. The van der Waals surface area contributed by atoms with Gasteiger partial charge in [-0.3, -0.25) is 4.79 Å². The van der Waals surface area contributed by atoms with E-state index in [4.69, 9.17) is 27.9 Å². The van der Waals surface area contributed by atoms with Crippen molar-refractivity contribution in [3.05, 3.63) is 63.0 Å². The number of carbonyl (C=O) groups excluding carboxylic acids is 2. The van der Waals surface area contributed by atoms with E-state index in [9.17, 15) is 9.59 Å². The molecular formula is C17H11Cl2NO3S. The van der Waals surface area contributed by atoms with Gasteiger partial charge in [-0.15, -0.1) is 11.3 Å². The highest BCUT2D eigenvalue weighted by atomic mass is 35.5. The predicted octanol–water partition coefficient (Wildman–Crippen LogP) is 5.25. The number of esters is 1.